The molecular weight excluding hydrogens is 522 g/mol. The predicted octanol–water partition coefficient (Wildman–Crippen LogP) is 5.47. The first-order valence-electron chi connectivity index (χ1n) is 13.1. The number of nitrogens with zero attached hydrogens (tertiary/aromatic N) is 3. The number of nitrogen functional groups attached to an aromatic ring is 1. The molecule has 2 heterocycles. The first kappa shape index (κ1) is 26.0. The molecule has 10 nitrogen and oxygen atoms in total. The fraction of sp³-hybridized carbons (Fsp3) is 0.194. The number of amides is 1. The Morgan fingerprint density at radius 1 is 0.976 bits per heavy atom. The Hall–Kier alpha value is -5.25. The molecule has 4 aromatic rings. The minimum absolute atomic E-state index is 0.0218. The molecule has 41 heavy (non-hydrogen) atoms. The van der Waals surface area contributed by atoms with E-state index in [0.29, 0.717) is 28.2 Å². The lowest BCUT2D eigenvalue weighted by Gasteiger charge is -2.37. The Labute approximate surface area is 235 Å². The van der Waals surface area contributed by atoms with Crippen LogP contribution in [-0.2, 0) is 15.0 Å². The number of anilines is 2. The van der Waals surface area contributed by atoms with E-state index in [2.05, 4.69) is 5.32 Å². The molecule has 1 unspecified atom stereocenters. The smallest absolute Gasteiger partial charge is 0.269 e. The van der Waals surface area contributed by atoms with E-state index in [-0.39, 0.29) is 47.0 Å². The van der Waals surface area contributed by atoms with Crippen molar-refractivity contribution in [3.05, 3.63) is 111 Å². The molecule has 2 aliphatic rings. The molecule has 1 aliphatic heterocycles. The molecule has 1 aliphatic carbocycles. The highest BCUT2D eigenvalue weighted by atomic mass is 16.6. The van der Waals surface area contributed by atoms with E-state index in [1.54, 1.807) is 24.3 Å². The van der Waals surface area contributed by atoms with Crippen molar-refractivity contribution in [3.8, 4) is 16.9 Å². The summed E-state index contributed by atoms with van der Waals surface area (Å²) in [5.41, 5.74) is 7.07. The van der Waals surface area contributed by atoms with Crippen LogP contribution in [0.5, 0.6) is 0 Å². The predicted molar refractivity (Wildman–Crippen MR) is 154 cm³/mol. The van der Waals surface area contributed by atoms with Crippen molar-refractivity contribution in [2.24, 2.45) is 5.41 Å². The van der Waals surface area contributed by atoms with E-state index < -0.39 is 21.7 Å². The molecule has 0 fully saturated rings. The number of carbonyl (C=O) groups is 2. The number of allylic oxidation sites excluding steroid dienone is 1. The molecule has 0 saturated heterocycles. The molecule has 6 rings (SSSR count). The minimum atomic E-state index is -1.80. The van der Waals surface area contributed by atoms with Gasteiger partial charge >= 0.3 is 0 Å². The van der Waals surface area contributed by atoms with Crippen LogP contribution in [0.4, 0.5) is 17.2 Å². The second kappa shape index (κ2) is 9.16. The molecule has 0 spiro atoms. The zero-order valence-corrected chi connectivity index (χ0v) is 22.4. The average molecular weight is 550 g/mol. The lowest BCUT2D eigenvalue weighted by atomic mass is 9.62. The number of fused-ring (bicyclic) bond motifs is 1. The third-order valence-corrected chi connectivity index (χ3v) is 7.80. The molecule has 0 bridgehead atoms. The third-order valence-electron chi connectivity index (χ3n) is 7.80. The van der Waals surface area contributed by atoms with E-state index in [4.69, 9.17) is 10.8 Å². The van der Waals surface area contributed by atoms with E-state index >= 15 is 0 Å². The number of carbonyl (C=O) groups excluding carboxylic acids is 2. The summed E-state index contributed by atoms with van der Waals surface area (Å²) in [6.07, 6.45) is 0.322. The summed E-state index contributed by atoms with van der Waals surface area (Å²) in [6, 6.07) is 21.9. The Balaban J connectivity index is 1.73. The maximum atomic E-state index is 14.3. The summed E-state index contributed by atoms with van der Waals surface area (Å²) < 4.78 is 1.41. The standard InChI is InChI=1S/C31H27N5O5/c1-30(2)16-23(37)25(24(38)17-30)31(21-10-6-7-11-22(21)33-29(31)39)26-27(18-8-4-3-5-9-18)34-35(28(26)32)19-12-14-20(15-13-19)36(40)41/h3-15,37H,16-17,32H2,1-2H3,(H,33,39). The fourth-order valence-electron chi connectivity index (χ4n) is 6.10. The summed E-state index contributed by atoms with van der Waals surface area (Å²) >= 11 is 0. The van der Waals surface area contributed by atoms with Gasteiger partial charge in [0.2, 0.25) is 5.91 Å². The average Bonchev–Trinajstić information content (AvgIpc) is 3.42. The van der Waals surface area contributed by atoms with Crippen LogP contribution in [0.15, 0.2) is 90.2 Å². The fourth-order valence-corrected chi connectivity index (χ4v) is 6.10. The number of aliphatic hydroxyl groups excluding tert-OH is 1. The van der Waals surface area contributed by atoms with Crippen LogP contribution in [-0.4, -0.2) is 31.5 Å². The summed E-state index contributed by atoms with van der Waals surface area (Å²) in [6.45, 7) is 3.78. The SMILES string of the molecule is CC1(C)CC(=O)C(C2(c3c(-c4ccccc4)nn(-c4ccc([N+](=O)[O-])cc4)c3N)C(=O)Nc3ccccc32)=C(O)C1. The van der Waals surface area contributed by atoms with Crippen molar-refractivity contribution >= 4 is 28.9 Å². The van der Waals surface area contributed by atoms with Crippen LogP contribution in [0, 0.1) is 15.5 Å². The molecule has 1 atom stereocenters. The number of rotatable bonds is 5. The molecule has 1 aromatic heterocycles. The highest BCUT2D eigenvalue weighted by molar-refractivity contribution is 6.19. The molecule has 10 heteroatoms. The first-order valence-corrected chi connectivity index (χ1v) is 13.1. The van der Waals surface area contributed by atoms with Crippen LogP contribution in [0.25, 0.3) is 16.9 Å². The van der Waals surface area contributed by atoms with Crippen LogP contribution < -0.4 is 11.1 Å². The monoisotopic (exact) mass is 549 g/mol. The highest BCUT2D eigenvalue weighted by Crippen LogP contribution is 2.55. The number of ketones is 1. The minimum Gasteiger partial charge on any atom is -0.512 e. The van der Waals surface area contributed by atoms with Crippen LogP contribution >= 0.6 is 0 Å². The van der Waals surface area contributed by atoms with Gasteiger partial charge in [0.15, 0.2) is 5.78 Å². The van der Waals surface area contributed by atoms with Crippen molar-refractivity contribution in [2.75, 3.05) is 11.1 Å². The van der Waals surface area contributed by atoms with Gasteiger partial charge in [0.1, 0.15) is 17.0 Å². The maximum Gasteiger partial charge on any atom is 0.269 e. The molecule has 0 radical (unpaired) electrons. The summed E-state index contributed by atoms with van der Waals surface area (Å²) in [5, 5.41) is 30.5. The number of nitro groups is 1. The zero-order chi connectivity index (χ0) is 29.1. The lowest BCUT2D eigenvalue weighted by molar-refractivity contribution is -0.384. The van der Waals surface area contributed by atoms with Crippen LogP contribution in [0.1, 0.15) is 37.8 Å². The molecule has 4 N–H and O–H groups in total. The Morgan fingerprint density at radius 3 is 2.29 bits per heavy atom. The van der Waals surface area contributed by atoms with Crippen LogP contribution in [0.3, 0.4) is 0 Å². The van der Waals surface area contributed by atoms with Gasteiger partial charge in [-0.25, -0.2) is 4.68 Å². The number of para-hydroxylation sites is 1. The van der Waals surface area contributed by atoms with Crippen molar-refractivity contribution in [1.29, 1.82) is 0 Å². The number of hydrogen-bond acceptors (Lipinski definition) is 7. The van der Waals surface area contributed by atoms with E-state index in [1.165, 1.54) is 28.9 Å². The van der Waals surface area contributed by atoms with Gasteiger partial charge < -0.3 is 16.2 Å². The number of Topliss-reactive ketones (excluding diaryl/α,β-unsaturated/α-hetero) is 1. The number of nitrogens with two attached hydrogens (primary N) is 1. The van der Waals surface area contributed by atoms with Crippen molar-refractivity contribution < 1.29 is 19.6 Å². The molecule has 3 aromatic carbocycles. The Morgan fingerprint density at radius 2 is 1.63 bits per heavy atom. The number of hydrogen-bond donors (Lipinski definition) is 3. The molecule has 0 saturated carbocycles. The lowest BCUT2D eigenvalue weighted by Crippen LogP contribution is -2.44. The van der Waals surface area contributed by atoms with Gasteiger partial charge in [0.25, 0.3) is 5.69 Å². The van der Waals surface area contributed by atoms with Gasteiger partial charge in [0.05, 0.1) is 21.9 Å². The number of non-ortho nitro benzene ring substituents is 1. The van der Waals surface area contributed by atoms with Crippen molar-refractivity contribution in [1.82, 2.24) is 9.78 Å². The summed E-state index contributed by atoms with van der Waals surface area (Å²) in [7, 11) is 0. The maximum absolute atomic E-state index is 14.3. The summed E-state index contributed by atoms with van der Waals surface area (Å²) in [5.74, 6) is -0.991. The van der Waals surface area contributed by atoms with Gasteiger partial charge in [0, 0.05) is 47.4 Å². The van der Waals surface area contributed by atoms with Gasteiger partial charge in [-0.3, -0.25) is 19.7 Å². The number of aromatic nitrogens is 2. The topological polar surface area (TPSA) is 153 Å². The van der Waals surface area contributed by atoms with Gasteiger partial charge in [-0.05, 0) is 23.6 Å². The number of nitrogens with one attached hydrogen (secondary N) is 1. The molecule has 1 amide bonds. The van der Waals surface area contributed by atoms with Gasteiger partial charge in [-0.1, -0.05) is 62.4 Å². The number of aliphatic hydroxyl groups is 1. The second-order valence-electron chi connectivity index (χ2n) is 11.2. The van der Waals surface area contributed by atoms with Crippen LogP contribution in [0.2, 0.25) is 0 Å². The second-order valence-corrected chi connectivity index (χ2v) is 11.2. The Bertz CT molecular complexity index is 1770. The quantitative estimate of drug-likeness (QED) is 0.220. The van der Waals surface area contributed by atoms with E-state index in [9.17, 15) is 24.8 Å². The van der Waals surface area contributed by atoms with E-state index in [0.717, 1.165) is 0 Å². The largest absolute Gasteiger partial charge is 0.512 e. The zero-order valence-electron chi connectivity index (χ0n) is 22.4. The first-order chi connectivity index (χ1) is 19.5. The Kier molecular flexibility index (Phi) is 5.81. The third kappa shape index (κ3) is 3.90. The molecule has 206 valence electrons. The van der Waals surface area contributed by atoms with Gasteiger partial charge in [-0.2, -0.15) is 5.10 Å². The van der Waals surface area contributed by atoms with E-state index in [1.807, 2.05) is 44.2 Å². The normalized spacial score (nSPS) is 19.7. The highest BCUT2D eigenvalue weighted by Gasteiger charge is 2.59. The van der Waals surface area contributed by atoms with Crippen molar-refractivity contribution in [3.63, 3.8) is 0 Å². The number of benzene rings is 3. The molecular formula is C31H27N5O5. The summed E-state index contributed by atoms with van der Waals surface area (Å²) in [4.78, 5) is 39.0. The van der Waals surface area contributed by atoms with Crippen molar-refractivity contribution in [2.45, 2.75) is 32.1 Å². The number of nitro benzene ring substituents is 1. The van der Waals surface area contributed by atoms with Gasteiger partial charge in [-0.15, -0.1) is 0 Å².